The van der Waals surface area contributed by atoms with E-state index in [1.54, 1.807) is 0 Å². The molecule has 84 valence electrons. The van der Waals surface area contributed by atoms with Crippen LogP contribution in [0.2, 0.25) is 0 Å². The number of hydrogen-bond acceptors (Lipinski definition) is 3. The van der Waals surface area contributed by atoms with Crippen molar-refractivity contribution < 1.29 is 9.84 Å². The van der Waals surface area contributed by atoms with Crippen molar-refractivity contribution in [1.82, 2.24) is 5.32 Å². The molecule has 0 heterocycles. The third-order valence-corrected chi connectivity index (χ3v) is 2.76. The highest BCUT2D eigenvalue weighted by atomic mass is 16.5. The fraction of sp³-hybridized carbons (Fsp3) is 1.00. The van der Waals surface area contributed by atoms with Crippen LogP contribution in [0.5, 0.6) is 0 Å². The van der Waals surface area contributed by atoms with E-state index in [4.69, 9.17) is 4.74 Å². The molecule has 3 nitrogen and oxygen atoms in total. The van der Waals surface area contributed by atoms with Crippen molar-refractivity contribution in [2.75, 3.05) is 26.3 Å². The predicted octanol–water partition coefficient (Wildman–Crippen LogP) is 1.31. The molecule has 1 fully saturated rings. The second-order valence-electron chi connectivity index (χ2n) is 4.22. The van der Waals surface area contributed by atoms with Gasteiger partial charge in [-0.3, -0.25) is 0 Å². The average molecular weight is 201 g/mol. The molecular weight excluding hydrogens is 178 g/mol. The maximum atomic E-state index is 9.99. The quantitative estimate of drug-likeness (QED) is 0.610. The van der Waals surface area contributed by atoms with Crippen molar-refractivity contribution in [3.63, 3.8) is 0 Å². The van der Waals surface area contributed by atoms with E-state index in [0.717, 1.165) is 45.6 Å². The molecule has 0 aromatic rings. The summed E-state index contributed by atoms with van der Waals surface area (Å²) in [4.78, 5) is 0. The van der Waals surface area contributed by atoms with Crippen LogP contribution in [-0.2, 0) is 4.74 Å². The molecular formula is C11H23NO2. The van der Waals surface area contributed by atoms with Gasteiger partial charge in [0.25, 0.3) is 0 Å². The molecule has 0 aromatic carbocycles. The van der Waals surface area contributed by atoms with E-state index < -0.39 is 5.60 Å². The molecule has 1 aliphatic carbocycles. The molecule has 0 unspecified atom stereocenters. The summed E-state index contributed by atoms with van der Waals surface area (Å²) in [6.07, 6.45) is 5.32. The SMILES string of the molecule is CCCOCCNCC1(O)CCCC1. The van der Waals surface area contributed by atoms with Crippen molar-refractivity contribution in [2.45, 2.75) is 44.6 Å². The number of ether oxygens (including phenoxy) is 1. The van der Waals surface area contributed by atoms with Crippen LogP contribution in [-0.4, -0.2) is 37.0 Å². The van der Waals surface area contributed by atoms with E-state index in [9.17, 15) is 5.11 Å². The summed E-state index contributed by atoms with van der Waals surface area (Å²) in [5.74, 6) is 0. The molecule has 1 saturated carbocycles. The zero-order chi connectivity index (χ0) is 10.3. The predicted molar refractivity (Wildman–Crippen MR) is 57.4 cm³/mol. The summed E-state index contributed by atoms with van der Waals surface area (Å²) in [6.45, 7) is 5.27. The first-order chi connectivity index (χ1) is 6.77. The third-order valence-electron chi connectivity index (χ3n) is 2.76. The molecule has 2 N–H and O–H groups in total. The number of hydrogen-bond donors (Lipinski definition) is 2. The third kappa shape index (κ3) is 4.40. The van der Waals surface area contributed by atoms with Crippen LogP contribution >= 0.6 is 0 Å². The van der Waals surface area contributed by atoms with Crippen molar-refractivity contribution >= 4 is 0 Å². The van der Waals surface area contributed by atoms with Gasteiger partial charge in [0.1, 0.15) is 0 Å². The largest absolute Gasteiger partial charge is 0.389 e. The monoisotopic (exact) mass is 201 g/mol. The molecule has 0 saturated heterocycles. The van der Waals surface area contributed by atoms with Crippen LogP contribution in [0.4, 0.5) is 0 Å². The first-order valence-corrected chi connectivity index (χ1v) is 5.78. The van der Waals surface area contributed by atoms with E-state index in [1.165, 1.54) is 12.8 Å². The van der Waals surface area contributed by atoms with Gasteiger partial charge >= 0.3 is 0 Å². The van der Waals surface area contributed by atoms with Gasteiger partial charge in [0, 0.05) is 19.7 Å². The topological polar surface area (TPSA) is 41.5 Å². The van der Waals surface area contributed by atoms with E-state index in [0.29, 0.717) is 0 Å². The summed E-state index contributed by atoms with van der Waals surface area (Å²) < 4.78 is 5.34. The molecule has 0 bridgehead atoms. The average Bonchev–Trinajstić information content (AvgIpc) is 2.59. The second kappa shape index (κ2) is 6.38. The minimum absolute atomic E-state index is 0.426. The second-order valence-corrected chi connectivity index (χ2v) is 4.22. The first kappa shape index (κ1) is 12.0. The van der Waals surface area contributed by atoms with Gasteiger partial charge in [0.15, 0.2) is 0 Å². The standard InChI is InChI=1S/C11H23NO2/c1-2-8-14-9-7-12-10-11(13)5-3-4-6-11/h12-13H,2-10H2,1H3. The molecule has 14 heavy (non-hydrogen) atoms. The maximum Gasteiger partial charge on any atom is 0.0771 e. The molecule has 0 atom stereocenters. The molecule has 3 heteroatoms. The highest BCUT2D eigenvalue weighted by Crippen LogP contribution is 2.28. The van der Waals surface area contributed by atoms with E-state index in [2.05, 4.69) is 12.2 Å². The molecule has 0 amide bonds. The smallest absolute Gasteiger partial charge is 0.0771 e. The zero-order valence-corrected chi connectivity index (χ0v) is 9.22. The lowest BCUT2D eigenvalue weighted by molar-refractivity contribution is 0.0448. The van der Waals surface area contributed by atoms with Crippen LogP contribution in [0.3, 0.4) is 0 Å². The van der Waals surface area contributed by atoms with Gasteiger partial charge in [-0.2, -0.15) is 0 Å². The van der Waals surface area contributed by atoms with Gasteiger partial charge in [0.05, 0.1) is 12.2 Å². The lowest BCUT2D eigenvalue weighted by atomic mass is 10.0. The molecule has 0 aliphatic heterocycles. The Morgan fingerprint density at radius 3 is 2.64 bits per heavy atom. The molecule has 0 radical (unpaired) electrons. The van der Waals surface area contributed by atoms with Gasteiger partial charge < -0.3 is 15.2 Å². The highest BCUT2D eigenvalue weighted by molar-refractivity contribution is 4.85. The van der Waals surface area contributed by atoms with Gasteiger partial charge in [-0.25, -0.2) is 0 Å². The maximum absolute atomic E-state index is 9.99. The molecule has 1 aliphatic rings. The van der Waals surface area contributed by atoms with E-state index in [-0.39, 0.29) is 0 Å². The van der Waals surface area contributed by atoms with Gasteiger partial charge in [-0.15, -0.1) is 0 Å². The van der Waals surface area contributed by atoms with E-state index >= 15 is 0 Å². The fourth-order valence-electron chi connectivity index (χ4n) is 1.92. The summed E-state index contributed by atoms with van der Waals surface area (Å²) in [5.41, 5.74) is -0.426. The van der Waals surface area contributed by atoms with E-state index in [1.807, 2.05) is 0 Å². The summed E-state index contributed by atoms with van der Waals surface area (Å²) >= 11 is 0. The van der Waals surface area contributed by atoms with Crippen molar-refractivity contribution in [3.8, 4) is 0 Å². The Balaban J connectivity index is 1.92. The van der Waals surface area contributed by atoms with Gasteiger partial charge in [0.2, 0.25) is 0 Å². The van der Waals surface area contributed by atoms with Gasteiger partial charge in [-0.05, 0) is 19.3 Å². The number of aliphatic hydroxyl groups is 1. The Morgan fingerprint density at radius 1 is 1.29 bits per heavy atom. The van der Waals surface area contributed by atoms with Crippen molar-refractivity contribution in [2.24, 2.45) is 0 Å². The lowest BCUT2D eigenvalue weighted by Crippen LogP contribution is -2.39. The van der Waals surface area contributed by atoms with Crippen LogP contribution in [0.25, 0.3) is 0 Å². The first-order valence-electron chi connectivity index (χ1n) is 5.78. The van der Waals surface area contributed by atoms with Gasteiger partial charge in [-0.1, -0.05) is 19.8 Å². The Kier molecular flexibility index (Phi) is 5.45. The normalized spacial score (nSPS) is 20.1. The minimum Gasteiger partial charge on any atom is -0.389 e. The lowest BCUT2D eigenvalue weighted by Gasteiger charge is -2.22. The zero-order valence-electron chi connectivity index (χ0n) is 9.22. The van der Waals surface area contributed by atoms with Crippen LogP contribution in [0, 0.1) is 0 Å². The van der Waals surface area contributed by atoms with Crippen molar-refractivity contribution in [1.29, 1.82) is 0 Å². The summed E-state index contributed by atoms with van der Waals surface area (Å²) in [7, 11) is 0. The molecule has 1 rings (SSSR count). The van der Waals surface area contributed by atoms with Crippen LogP contribution < -0.4 is 5.32 Å². The minimum atomic E-state index is -0.426. The Labute approximate surface area is 86.8 Å². The Bertz CT molecular complexity index is 144. The summed E-state index contributed by atoms with van der Waals surface area (Å²) in [5, 5.41) is 13.2. The fourth-order valence-corrected chi connectivity index (χ4v) is 1.92. The number of nitrogens with one attached hydrogen (secondary N) is 1. The molecule has 0 aromatic heterocycles. The Hall–Kier alpha value is -0.120. The van der Waals surface area contributed by atoms with Crippen LogP contribution in [0.15, 0.2) is 0 Å². The summed E-state index contributed by atoms with van der Waals surface area (Å²) in [6, 6.07) is 0. The number of rotatable bonds is 7. The highest BCUT2D eigenvalue weighted by Gasteiger charge is 2.30. The van der Waals surface area contributed by atoms with Crippen molar-refractivity contribution in [3.05, 3.63) is 0 Å². The molecule has 0 spiro atoms. The Morgan fingerprint density at radius 2 is 2.00 bits per heavy atom. The van der Waals surface area contributed by atoms with Crippen LogP contribution in [0.1, 0.15) is 39.0 Å².